The number of carbonyl (C=O) groups is 1. The molecule has 1 fully saturated rings. The van der Waals surface area contributed by atoms with E-state index in [1.807, 2.05) is 0 Å². The van der Waals surface area contributed by atoms with Crippen LogP contribution in [0.2, 0.25) is 10.0 Å². The Labute approximate surface area is 212 Å². The van der Waals surface area contributed by atoms with E-state index >= 15 is 0 Å². The van der Waals surface area contributed by atoms with Crippen molar-refractivity contribution in [2.24, 2.45) is 13.0 Å². The second-order valence-electron chi connectivity index (χ2n) is 9.32. The van der Waals surface area contributed by atoms with Gasteiger partial charge < -0.3 is 9.30 Å². The van der Waals surface area contributed by atoms with E-state index < -0.39 is 11.7 Å². The van der Waals surface area contributed by atoms with Crippen LogP contribution in [0.3, 0.4) is 0 Å². The molecule has 0 spiro atoms. The van der Waals surface area contributed by atoms with Crippen molar-refractivity contribution in [3.05, 3.63) is 62.4 Å². The van der Waals surface area contributed by atoms with Gasteiger partial charge in [-0.15, -0.1) is 0 Å². The molecule has 1 saturated carbocycles. The van der Waals surface area contributed by atoms with E-state index in [1.165, 1.54) is 0 Å². The van der Waals surface area contributed by atoms with Gasteiger partial charge in [-0.3, -0.25) is 4.79 Å². The molecule has 0 radical (unpaired) electrons. The number of hydrogen-bond donors (Lipinski definition) is 0. The number of hydrogen-bond acceptors (Lipinski definition) is 3. The monoisotopic (exact) mass is 526 g/mol. The first-order valence-corrected chi connectivity index (χ1v) is 12.3. The van der Waals surface area contributed by atoms with Crippen LogP contribution in [0.25, 0.3) is 11.0 Å². The topological polar surface area (TPSA) is 44.1 Å². The van der Waals surface area contributed by atoms with Crippen molar-refractivity contribution in [1.82, 2.24) is 9.55 Å². The van der Waals surface area contributed by atoms with E-state index in [0.29, 0.717) is 45.0 Å². The fourth-order valence-corrected chi connectivity index (χ4v) is 5.51. The van der Waals surface area contributed by atoms with Gasteiger partial charge in [-0.25, -0.2) is 4.98 Å². The molecular formula is C26H27Cl2F3N2O2. The van der Waals surface area contributed by atoms with Crippen molar-refractivity contribution in [2.75, 3.05) is 7.11 Å². The van der Waals surface area contributed by atoms with Gasteiger partial charge in [0.25, 0.3) is 0 Å². The summed E-state index contributed by atoms with van der Waals surface area (Å²) in [6, 6.07) is 5.48. The van der Waals surface area contributed by atoms with Crippen LogP contribution >= 0.6 is 23.2 Å². The van der Waals surface area contributed by atoms with E-state index in [2.05, 4.69) is 4.98 Å². The maximum atomic E-state index is 13.3. The standard InChI is InChI=1S/C26H27Cl2F3N2O2/c1-14-10-16(26(29,30)31)12-21-25(14)32-23(33(21)2)13-19-20(27)9-8-18(24(19)28)22(34)11-15-4-6-17(35-3)7-5-15/h8-10,12,15,17H,4-7,11,13H2,1-3H3. The number of benzene rings is 2. The second kappa shape index (κ2) is 10.1. The quantitative estimate of drug-likeness (QED) is 0.311. The minimum Gasteiger partial charge on any atom is -0.381 e. The Hall–Kier alpha value is -2.09. The van der Waals surface area contributed by atoms with Crippen molar-refractivity contribution >= 4 is 40.0 Å². The van der Waals surface area contributed by atoms with Crippen molar-refractivity contribution < 1.29 is 22.7 Å². The summed E-state index contributed by atoms with van der Waals surface area (Å²) in [6.07, 6.45) is 0.145. The molecule has 1 aliphatic carbocycles. The first-order chi connectivity index (χ1) is 16.5. The third-order valence-corrected chi connectivity index (χ3v) is 7.81. The van der Waals surface area contributed by atoms with E-state index in [1.54, 1.807) is 37.8 Å². The predicted molar refractivity (Wildman–Crippen MR) is 131 cm³/mol. The van der Waals surface area contributed by atoms with Crippen molar-refractivity contribution in [3.8, 4) is 0 Å². The zero-order valence-electron chi connectivity index (χ0n) is 19.8. The third kappa shape index (κ3) is 5.37. The van der Waals surface area contributed by atoms with Crippen molar-refractivity contribution in [3.63, 3.8) is 0 Å². The van der Waals surface area contributed by atoms with Crippen LogP contribution in [0.5, 0.6) is 0 Å². The van der Waals surface area contributed by atoms with Gasteiger partial charge in [0, 0.05) is 37.6 Å². The fourth-order valence-electron chi connectivity index (χ4n) is 4.90. The largest absolute Gasteiger partial charge is 0.416 e. The van der Waals surface area contributed by atoms with Crippen LogP contribution in [0.1, 0.15) is 65.0 Å². The summed E-state index contributed by atoms with van der Waals surface area (Å²) in [6.45, 7) is 1.60. The molecule has 1 aromatic heterocycles. The molecule has 0 unspecified atom stereocenters. The number of methoxy groups -OCH3 is 1. The van der Waals surface area contributed by atoms with Gasteiger partial charge in [-0.1, -0.05) is 23.2 Å². The summed E-state index contributed by atoms with van der Waals surface area (Å²) < 4.78 is 47.0. The zero-order chi connectivity index (χ0) is 25.5. The van der Waals surface area contributed by atoms with Gasteiger partial charge in [0.15, 0.2) is 5.78 Å². The highest BCUT2D eigenvalue weighted by Crippen LogP contribution is 2.36. The average molecular weight is 527 g/mol. The van der Waals surface area contributed by atoms with Crippen molar-refractivity contribution in [2.45, 2.75) is 57.7 Å². The Morgan fingerprint density at radius 1 is 1.17 bits per heavy atom. The molecule has 0 amide bonds. The summed E-state index contributed by atoms with van der Waals surface area (Å²) in [5, 5.41) is 0.653. The summed E-state index contributed by atoms with van der Waals surface area (Å²) in [7, 11) is 3.38. The molecule has 2 aromatic carbocycles. The minimum atomic E-state index is -4.45. The number of alkyl halides is 3. The Bertz CT molecular complexity index is 1260. The van der Waals surface area contributed by atoms with Gasteiger partial charge in [0.2, 0.25) is 0 Å². The SMILES string of the molecule is COC1CCC(CC(=O)c2ccc(Cl)c(Cc3nc4c(C)cc(C(F)(F)F)cc4n3C)c2Cl)CC1. The Balaban J connectivity index is 1.61. The molecule has 0 N–H and O–H groups in total. The summed E-state index contributed by atoms with van der Waals surface area (Å²) in [5.41, 5.74) is 1.52. The lowest BCUT2D eigenvalue weighted by atomic mass is 9.83. The van der Waals surface area contributed by atoms with Gasteiger partial charge in [0.1, 0.15) is 5.82 Å². The van der Waals surface area contributed by atoms with E-state index in [-0.39, 0.29) is 29.2 Å². The molecular weight excluding hydrogens is 500 g/mol. The van der Waals surface area contributed by atoms with Crippen LogP contribution in [0.15, 0.2) is 24.3 Å². The van der Waals surface area contributed by atoms with Gasteiger partial charge in [-0.2, -0.15) is 13.2 Å². The Kier molecular flexibility index (Phi) is 7.51. The molecule has 188 valence electrons. The maximum Gasteiger partial charge on any atom is 0.416 e. The fraction of sp³-hybridized carbons (Fsp3) is 0.462. The smallest absolute Gasteiger partial charge is 0.381 e. The number of Topliss-reactive ketones (excluding diaryl/α,β-unsaturated/α-hetero) is 1. The lowest BCUT2D eigenvalue weighted by Gasteiger charge is -2.27. The maximum absolute atomic E-state index is 13.3. The third-order valence-electron chi connectivity index (χ3n) is 7.02. The number of aryl methyl sites for hydroxylation is 2. The molecule has 4 rings (SSSR count). The van der Waals surface area contributed by atoms with Crippen LogP contribution in [0, 0.1) is 12.8 Å². The first-order valence-electron chi connectivity index (χ1n) is 11.6. The van der Waals surface area contributed by atoms with Gasteiger partial charge in [0.05, 0.1) is 27.7 Å². The number of ketones is 1. The molecule has 0 saturated heterocycles. The molecule has 3 aromatic rings. The highest BCUT2D eigenvalue weighted by molar-refractivity contribution is 6.38. The molecule has 0 aliphatic heterocycles. The van der Waals surface area contributed by atoms with Crippen molar-refractivity contribution in [1.29, 1.82) is 0 Å². The normalized spacial score (nSPS) is 18.9. The number of ether oxygens (including phenoxy) is 1. The summed E-state index contributed by atoms with van der Waals surface area (Å²) in [4.78, 5) is 17.7. The molecule has 35 heavy (non-hydrogen) atoms. The number of fused-ring (bicyclic) bond motifs is 1. The van der Waals surface area contributed by atoms with Crippen LogP contribution in [-0.4, -0.2) is 28.5 Å². The summed E-state index contributed by atoms with van der Waals surface area (Å²) >= 11 is 13.1. The number of halogens is 5. The molecule has 1 aliphatic rings. The average Bonchev–Trinajstić information content (AvgIpc) is 3.12. The number of carbonyl (C=O) groups excluding carboxylic acids is 1. The Morgan fingerprint density at radius 3 is 2.49 bits per heavy atom. The van der Waals surface area contributed by atoms with E-state index in [0.717, 1.165) is 37.8 Å². The lowest BCUT2D eigenvalue weighted by molar-refractivity contribution is -0.137. The first kappa shape index (κ1) is 26.0. The number of aromatic nitrogens is 2. The highest BCUT2D eigenvalue weighted by Gasteiger charge is 2.32. The van der Waals surface area contributed by atoms with E-state index in [9.17, 15) is 18.0 Å². The second-order valence-corrected chi connectivity index (χ2v) is 10.1. The van der Waals surface area contributed by atoms with Crippen LogP contribution in [-0.2, 0) is 24.4 Å². The zero-order valence-corrected chi connectivity index (χ0v) is 21.3. The number of rotatable bonds is 6. The van der Waals surface area contributed by atoms with Crippen LogP contribution < -0.4 is 0 Å². The van der Waals surface area contributed by atoms with E-state index in [4.69, 9.17) is 27.9 Å². The Morgan fingerprint density at radius 2 is 1.86 bits per heavy atom. The molecule has 0 bridgehead atoms. The molecule has 0 atom stereocenters. The molecule has 4 nitrogen and oxygen atoms in total. The van der Waals surface area contributed by atoms with Gasteiger partial charge in [-0.05, 0) is 73.9 Å². The molecule has 1 heterocycles. The van der Waals surface area contributed by atoms with Crippen LogP contribution in [0.4, 0.5) is 13.2 Å². The number of imidazole rings is 1. The highest BCUT2D eigenvalue weighted by atomic mass is 35.5. The lowest BCUT2D eigenvalue weighted by Crippen LogP contribution is -2.22. The predicted octanol–water partition coefficient (Wildman–Crippen LogP) is 7.58. The minimum absolute atomic E-state index is 0.0375. The summed E-state index contributed by atoms with van der Waals surface area (Å²) in [5.74, 6) is 0.757. The molecule has 9 heteroatoms. The number of nitrogens with zero attached hydrogens (tertiary/aromatic N) is 2. The van der Waals surface area contributed by atoms with Gasteiger partial charge >= 0.3 is 6.18 Å².